The Balaban J connectivity index is 1.75. The molecular weight excluding hydrogens is 330 g/mol. The molecule has 0 aliphatic carbocycles. The van der Waals surface area contributed by atoms with Crippen LogP contribution in [0.25, 0.3) is 5.69 Å². The Kier molecular flexibility index (Phi) is 3.92. The molecule has 0 amide bonds. The van der Waals surface area contributed by atoms with E-state index in [1.54, 1.807) is 23.1 Å². The molecule has 4 nitrogen and oxygen atoms in total. The summed E-state index contributed by atoms with van der Waals surface area (Å²) in [6.07, 6.45) is 3.51. The molecule has 0 N–H and O–H groups in total. The van der Waals surface area contributed by atoms with E-state index in [0.29, 0.717) is 5.56 Å². The molecule has 1 heterocycles. The summed E-state index contributed by atoms with van der Waals surface area (Å²) in [6.45, 7) is 0.224. The minimum atomic E-state index is 0.0332. The first-order chi connectivity index (χ1) is 10.2. The van der Waals surface area contributed by atoms with Gasteiger partial charge in [0.25, 0.3) is 6.33 Å². The van der Waals surface area contributed by atoms with Gasteiger partial charge in [0, 0.05) is 15.1 Å². The topological polar surface area (TPSA) is 38.8 Å². The maximum absolute atomic E-state index is 12.2. The van der Waals surface area contributed by atoms with Crippen LogP contribution in [0.5, 0.6) is 0 Å². The molecule has 0 atom stereocenters. The van der Waals surface area contributed by atoms with Crippen LogP contribution in [-0.4, -0.2) is 15.6 Å². The zero-order valence-electron chi connectivity index (χ0n) is 11.2. The fraction of sp³-hybridized carbons (Fsp3) is 0.0625. The second-order valence-corrected chi connectivity index (χ2v) is 5.53. The van der Waals surface area contributed by atoms with Crippen molar-refractivity contribution >= 4 is 21.7 Å². The summed E-state index contributed by atoms with van der Waals surface area (Å²) in [5.74, 6) is 0.0332. The maximum atomic E-state index is 12.2. The number of aromatic nitrogens is 3. The lowest BCUT2D eigenvalue weighted by Gasteiger charge is -1.97. The zero-order valence-corrected chi connectivity index (χ0v) is 12.8. The van der Waals surface area contributed by atoms with Gasteiger partial charge in [-0.3, -0.25) is 4.79 Å². The first kappa shape index (κ1) is 13.7. The molecule has 104 valence electrons. The van der Waals surface area contributed by atoms with Crippen LogP contribution in [-0.2, 0) is 6.54 Å². The average Bonchev–Trinajstić information content (AvgIpc) is 2.97. The van der Waals surface area contributed by atoms with Crippen LogP contribution in [0.15, 0.2) is 71.7 Å². The molecule has 0 saturated carbocycles. The molecule has 0 aliphatic heterocycles. The molecule has 3 aromatic rings. The molecule has 0 aliphatic rings. The minimum absolute atomic E-state index is 0.0332. The van der Waals surface area contributed by atoms with Crippen LogP contribution in [0.4, 0.5) is 0 Å². The van der Waals surface area contributed by atoms with Gasteiger partial charge in [-0.05, 0) is 24.3 Å². The normalized spacial score (nSPS) is 10.5. The quantitative estimate of drug-likeness (QED) is 0.540. The highest BCUT2D eigenvalue weighted by molar-refractivity contribution is 9.10. The Morgan fingerprint density at radius 3 is 2.52 bits per heavy atom. The predicted octanol–water partition coefficient (Wildman–Crippen LogP) is 2.81. The van der Waals surface area contributed by atoms with E-state index in [4.69, 9.17) is 0 Å². The molecule has 0 unspecified atom stereocenters. The maximum Gasteiger partial charge on any atom is 0.270 e. The molecule has 0 spiro atoms. The van der Waals surface area contributed by atoms with Crippen molar-refractivity contribution in [2.24, 2.45) is 0 Å². The molecule has 2 aromatic carbocycles. The Morgan fingerprint density at radius 1 is 1.10 bits per heavy atom. The Labute approximate surface area is 130 Å². The van der Waals surface area contributed by atoms with Gasteiger partial charge in [0.05, 0.1) is 0 Å². The molecule has 0 saturated heterocycles. The molecule has 0 radical (unpaired) electrons. The van der Waals surface area contributed by atoms with Crippen molar-refractivity contribution in [1.82, 2.24) is 9.78 Å². The summed E-state index contributed by atoms with van der Waals surface area (Å²) in [7, 11) is 0. The van der Waals surface area contributed by atoms with Crippen LogP contribution in [0, 0.1) is 0 Å². The number of benzene rings is 2. The lowest BCUT2D eigenvalue weighted by atomic mass is 10.1. The highest BCUT2D eigenvalue weighted by Crippen LogP contribution is 2.11. The van der Waals surface area contributed by atoms with Gasteiger partial charge < -0.3 is 0 Å². The minimum Gasteiger partial charge on any atom is -0.290 e. The number of nitrogens with zero attached hydrogens (tertiary/aromatic N) is 3. The molecule has 1 aromatic heterocycles. The fourth-order valence-corrected chi connectivity index (χ4v) is 2.28. The van der Waals surface area contributed by atoms with E-state index >= 15 is 0 Å². The van der Waals surface area contributed by atoms with Crippen molar-refractivity contribution in [3.05, 3.63) is 77.3 Å². The van der Waals surface area contributed by atoms with Crippen LogP contribution in [0.1, 0.15) is 10.4 Å². The second-order valence-electron chi connectivity index (χ2n) is 4.62. The smallest absolute Gasteiger partial charge is 0.270 e. The molecular formula is C16H13BrN3O+. The highest BCUT2D eigenvalue weighted by Gasteiger charge is 2.13. The number of Topliss-reactive ketones (excluding diaryl/α,β-unsaturated/α-hetero) is 1. The number of rotatable bonds is 4. The van der Waals surface area contributed by atoms with Gasteiger partial charge in [-0.2, -0.15) is 0 Å². The number of halogens is 1. The average molecular weight is 343 g/mol. The standard InChI is InChI=1S/C16H13BrN3O/c17-14-8-6-13(7-9-14)16(21)10-20-12-19(11-18-20)15-4-2-1-3-5-15/h1-9,11-12H,10H2/q+1. The van der Waals surface area contributed by atoms with Crippen molar-refractivity contribution in [1.29, 1.82) is 0 Å². The van der Waals surface area contributed by atoms with Crippen LogP contribution in [0.2, 0.25) is 0 Å². The van der Waals surface area contributed by atoms with Crippen LogP contribution in [0.3, 0.4) is 0 Å². The summed E-state index contributed by atoms with van der Waals surface area (Å²) < 4.78 is 4.48. The molecule has 0 fully saturated rings. The van der Waals surface area contributed by atoms with Gasteiger partial charge in [0.15, 0.2) is 12.3 Å². The third-order valence-electron chi connectivity index (χ3n) is 3.11. The number of ketones is 1. The van der Waals surface area contributed by atoms with Crippen molar-refractivity contribution in [2.75, 3.05) is 0 Å². The summed E-state index contributed by atoms with van der Waals surface area (Å²) in [4.78, 5) is 12.2. The second kappa shape index (κ2) is 6.01. The largest absolute Gasteiger partial charge is 0.290 e. The van der Waals surface area contributed by atoms with Crippen molar-refractivity contribution in [3.8, 4) is 5.69 Å². The molecule has 0 bridgehead atoms. The Bertz CT molecular complexity index is 751. The zero-order chi connectivity index (χ0) is 14.7. The third kappa shape index (κ3) is 3.25. The fourth-order valence-electron chi connectivity index (χ4n) is 2.01. The van der Waals surface area contributed by atoms with Gasteiger partial charge in [-0.1, -0.05) is 46.3 Å². The van der Waals surface area contributed by atoms with Gasteiger partial charge in [-0.25, -0.2) is 4.57 Å². The first-order valence-corrected chi connectivity index (χ1v) is 7.29. The SMILES string of the molecule is O=C(Cn1c[n+](-c2ccccc2)cn1)c1ccc(Br)cc1. The van der Waals surface area contributed by atoms with E-state index in [9.17, 15) is 4.79 Å². The van der Waals surface area contributed by atoms with E-state index in [0.717, 1.165) is 10.2 Å². The lowest BCUT2D eigenvalue weighted by molar-refractivity contribution is -0.596. The number of carbonyl (C=O) groups excluding carboxylic acids is 1. The Hall–Kier alpha value is -2.27. The van der Waals surface area contributed by atoms with E-state index in [2.05, 4.69) is 21.0 Å². The van der Waals surface area contributed by atoms with Gasteiger partial charge in [0.1, 0.15) is 5.69 Å². The van der Waals surface area contributed by atoms with Gasteiger partial charge >= 0.3 is 0 Å². The van der Waals surface area contributed by atoms with E-state index in [1.807, 2.05) is 53.4 Å². The van der Waals surface area contributed by atoms with Crippen molar-refractivity contribution in [3.63, 3.8) is 0 Å². The lowest BCUT2D eigenvalue weighted by Crippen LogP contribution is -2.27. The van der Waals surface area contributed by atoms with Crippen molar-refractivity contribution in [2.45, 2.75) is 6.54 Å². The highest BCUT2D eigenvalue weighted by atomic mass is 79.9. The van der Waals surface area contributed by atoms with Gasteiger partial charge in [-0.15, -0.1) is 4.68 Å². The van der Waals surface area contributed by atoms with Gasteiger partial charge in [0.2, 0.25) is 6.33 Å². The number of hydrogen-bond donors (Lipinski definition) is 0. The van der Waals surface area contributed by atoms with E-state index in [1.165, 1.54) is 0 Å². The molecule has 3 rings (SSSR count). The molecule has 5 heteroatoms. The third-order valence-corrected chi connectivity index (χ3v) is 3.64. The summed E-state index contributed by atoms with van der Waals surface area (Å²) in [5.41, 5.74) is 1.69. The Morgan fingerprint density at radius 2 is 1.81 bits per heavy atom. The summed E-state index contributed by atoms with van der Waals surface area (Å²) in [5, 5.41) is 4.23. The predicted molar refractivity (Wildman–Crippen MR) is 82.2 cm³/mol. The molecule has 21 heavy (non-hydrogen) atoms. The monoisotopic (exact) mass is 342 g/mol. The first-order valence-electron chi connectivity index (χ1n) is 6.50. The van der Waals surface area contributed by atoms with Crippen molar-refractivity contribution < 1.29 is 9.36 Å². The van der Waals surface area contributed by atoms with Crippen LogP contribution < -0.4 is 4.57 Å². The number of hydrogen-bond acceptors (Lipinski definition) is 2. The van der Waals surface area contributed by atoms with Crippen LogP contribution >= 0.6 is 15.9 Å². The van der Waals surface area contributed by atoms with E-state index < -0.39 is 0 Å². The number of para-hydroxylation sites is 1. The summed E-state index contributed by atoms with van der Waals surface area (Å²) in [6, 6.07) is 17.2. The summed E-state index contributed by atoms with van der Waals surface area (Å²) >= 11 is 3.36. The van der Waals surface area contributed by atoms with E-state index in [-0.39, 0.29) is 12.3 Å². The number of carbonyl (C=O) groups is 1.